The molecule has 0 aliphatic carbocycles. The van der Waals surface area contributed by atoms with Crippen molar-refractivity contribution in [2.24, 2.45) is 0 Å². The number of rotatable bonds is 3. The molecule has 6 heteroatoms. The van der Waals surface area contributed by atoms with Crippen LogP contribution >= 0.6 is 15.9 Å². The maximum Gasteiger partial charge on any atom is 0.255 e. The fraction of sp³-hybridized carbons (Fsp3) is 0.545. The Labute approximate surface area is 109 Å². The van der Waals surface area contributed by atoms with E-state index < -0.39 is 0 Å². The van der Waals surface area contributed by atoms with Crippen LogP contribution in [0.2, 0.25) is 0 Å². The molecule has 0 unspecified atom stereocenters. The second-order valence-corrected chi connectivity index (χ2v) is 4.75. The third kappa shape index (κ3) is 3.23. The summed E-state index contributed by atoms with van der Waals surface area (Å²) in [5, 5.41) is 8.39. The number of aromatic nitrogens is 2. The standard InChI is InChI=1S/C11H15BrN4O/c12-2-4-15-5-7-16(8-6-15)11(17)10-1-3-13-14-9-10/h1,3,9H,2,4-8H2. The number of carbonyl (C=O) groups excluding carboxylic acids is 1. The van der Waals surface area contributed by atoms with Crippen molar-refractivity contribution in [1.29, 1.82) is 0 Å². The number of nitrogens with zero attached hydrogens (tertiary/aromatic N) is 4. The number of alkyl halides is 1. The molecule has 1 fully saturated rings. The monoisotopic (exact) mass is 298 g/mol. The van der Waals surface area contributed by atoms with Gasteiger partial charge >= 0.3 is 0 Å². The zero-order chi connectivity index (χ0) is 12.1. The normalized spacial score (nSPS) is 17.1. The number of carbonyl (C=O) groups is 1. The summed E-state index contributed by atoms with van der Waals surface area (Å²) in [6, 6.07) is 1.71. The lowest BCUT2D eigenvalue weighted by Gasteiger charge is -2.34. The average molecular weight is 299 g/mol. The molecule has 92 valence electrons. The molecule has 0 radical (unpaired) electrons. The number of hydrogen-bond acceptors (Lipinski definition) is 4. The fourth-order valence-corrected chi connectivity index (χ4v) is 2.40. The van der Waals surface area contributed by atoms with Gasteiger partial charge in [0.2, 0.25) is 0 Å². The van der Waals surface area contributed by atoms with E-state index in [0.717, 1.165) is 38.1 Å². The predicted molar refractivity (Wildman–Crippen MR) is 68.2 cm³/mol. The van der Waals surface area contributed by atoms with Crippen molar-refractivity contribution in [2.45, 2.75) is 0 Å². The Morgan fingerprint density at radius 2 is 2.06 bits per heavy atom. The first kappa shape index (κ1) is 12.4. The van der Waals surface area contributed by atoms with Gasteiger partial charge in [-0.15, -0.1) is 0 Å². The molecule has 2 heterocycles. The lowest BCUT2D eigenvalue weighted by atomic mass is 10.2. The van der Waals surface area contributed by atoms with E-state index in [1.54, 1.807) is 12.3 Å². The Bertz CT molecular complexity index is 365. The Kier molecular flexibility index (Phi) is 4.44. The first-order valence-electron chi connectivity index (χ1n) is 5.65. The molecule has 1 aliphatic heterocycles. The average Bonchev–Trinajstić information content (AvgIpc) is 2.40. The zero-order valence-corrected chi connectivity index (χ0v) is 11.1. The van der Waals surface area contributed by atoms with Gasteiger partial charge in [0.15, 0.2) is 0 Å². The summed E-state index contributed by atoms with van der Waals surface area (Å²) < 4.78 is 0. The van der Waals surface area contributed by atoms with Gasteiger partial charge in [0, 0.05) is 38.1 Å². The van der Waals surface area contributed by atoms with Gasteiger partial charge in [-0.05, 0) is 6.07 Å². The highest BCUT2D eigenvalue weighted by atomic mass is 79.9. The number of halogens is 1. The minimum absolute atomic E-state index is 0.0541. The SMILES string of the molecule is O=C(c1ccnnc1)N1CCN(CCBr)CC1. The lowest BCUT2D eigenvalue weighted by Crippen LogP contribution is -2.49. The Morgan fingerprint density at radius 1 is 1.29 bits per heavy atom. The van der Waals surface area contributed by atoms with E-state index in [2.05, 4.69) is 31.0 Å². The first-order chi connectivity index (χ1) is 8.31. The van der Waals surface area contributed by atoms with Crippen LogP contribution in [0.15, 0.2) is 18.5 Å². The van der Waals surface area contributed by atoms with Gasteiger partial charge in [-0.1, -0.05) is 15.9 Å². The molecular formula is C11H15BrN4O. The molecule has 1 aromatic rings. The van der Waals surface area contributed by atoms with Gasteiger partial charge in [0.05, 0.1) is 18.0 Å². The minimum Gasteiger partial charge on any atom is -0.336 e. The van der Waals surface area contributed by atoms with Crippen molar-refractivity contribution in [1.82, 2.24) is 20.0 Å². The lowest BCUT2D eigenvalue weighted by molar-refractivity contribution is 0.0644. The van der Waals surface area contributed by atoms with Crippen molar-refractivity contribution in [3.05, 3.63) is 24.0 Å². The summed E-state index contributed by atoms with van der Waals surface area (Å²) in [5.41, 5.74) is 0.619. The summed E-state index contributed by atoms with van der Waals surface area (Å²) in [6.45, 7) is 4.49. The van der Waals surface area contributed by atoms with Crippen LogP contribution in [0.1, 0.15) is 10.4 Å². The van der Waals surface area contributed by atoms with E-state index in [-0.39, 0.29) is 5.91 Å². The summed E-state index contributed by atoms with van der Waals surface area (Å²) in [5.74, 6) is 0.0541. The third-order valence-electron chi connectivity index (χ3n) is 2.89. The fourth-order valence-electron chi connectivity index (χ4n) is 1.89. The van der Waals surface area contributed by atoms with Gasteiger partial charge < -0.3 is 4.90 Å². The van der Waals surface area contributed by atoms with Crippen LogP contribution in [0.3, 0.4) is 0 Å². The van der Waals surface area contributed by atoms with Crippen molar-refractivity contribution in [3.63, 3.8) is 0 Å². The molecule has 1 aromatic heterocycles. The Balaban J connectivity index is 1.91. The van der Waals surface area contributed by atoms with E-state index >= 15 is 0 Å². The van der Waals surface area contributed by atoms with Crippen LogP contribution in [0.5, 0.6) is 0 Å². The van der Waals surface area contributed by atoms with E-state index in [4.69, 9.17) is 0 Å². The Hall–Kier alpha value is -1.01. The number of piperazine rings is 1. The molecule has 0 aromatic carbocycles. The molecule has 1 saturated heterocycles. The molecule has 0 saturated carbocycles. The largest absolute Gasteiger partial charge is 0.336 e. The van der Waals surface area contributed by atoms with Gasteiger partial charge in [0.25, 0.3) is 5.91 Å². The summed E-state index contributed by atoms with van der Waals surface area (Å²) in [7, 11) is 0. The van der Waals surface area contributed by atoms with Crippen molar-refractivity contribution >= 4 is 21.8 Å². The molecule has 0 atom stereocenters. The predicted octanol–water partition coefficient (Wildman–Crippen LogP) is 0.629. The van der Waals surface area contributed by atoms with Crippen LogP contribution < -0.4 is 0 Å². The summed E-state index contributed by atoms with van der Waals surface area (Å²) in [6.07, 6.45) is 3.07. The second-order valence-electron chi connectivity index (χ2n) is 3.95. The first-order valence-corrected chi connectivity index (χ1v) is 6.77. The van der Waals surface area contributed by atoms with Gasteiger partial charge in [-0.3, -0.25) is 9.69 Å². The van der Waals surface area contributed by atoms with Gasteiger partial charge in [-0.2, -0.15) is 10.2 Å². The molecule has 2 rings (SSSR count). The van der Waals surface area contributed by atoms with Crippen molar-refractivity contribution in [3.8, 4) is 0 Å². The second kappa shape index (κ2) is 6.07. The molecular weight excluding hydrogens is 284 g/mol. The summed E-state index contributed by atoms with van der Waals surface area (Å²) >= 11 is 3.43. The van der Waals surface area contributed by atoms with Gasteiger partial charge in [-0.25, -0.2) is 0 Å². The van der Waals surface area contributed by atoms with Crippen molar-refractivity contribution < 1.29 is 4.79 Å². The minimum atomic E-state index is 0.0541. The van der Waals surface area contributed by atoms with Crippen LogP contribution in [-0.2, 0) is 0 Å². The topological polar surface area (TPSA) is 49.3 Å². The highest BCUT2D eigenvalue weighted by Gasteiger charge is 2.21. The molecule has 1 amide bonds. The molecule has 0 bridgehead atoms. The highest BCUT2D eigenvalue weighted by molar-refractivity contribution is 9.09. The van der Waals surface area contributed by atoms with Crippen LogP contribution in [0.25, 0.3) is 0 Å². The number of hydrogen-bond donors (Lipinski definition) is 0. The zero-order valence-electron chi connectivity index (χ0n) is 9.55. The van der Waals surface area contributed by atoms with Crippen LogP contribution in [0.4, 0.5) is 0 Å². The molecule has 0 spiro atoms. The van der Waals surface area contributed by atoms with E-state index in [1.807, 2.05) is 4.90 Å². The quantitative estimate of drug-likeness (QED) is 0.768. The smallest absolute Gasteiger partial charge is 0.255 e. The van der Waals surface area contributed by atoms with E-state index in [1.165, 1.54) is 6.20 Å². The van der Waals surface area contributed by atoms with Crippen molar-refractivity contribution in [2.75, 3.05) is 38.1 Å². The molecule has 17 heavy (non-hydrogen) atoms. The molecule has 0 N–H and O–H groups in total. The maximum absolute atomic E-state index is 12.1. The van der Waals surface area contributed by atoms with E-state index in [9.17, 15) is 4.79 Å². The number of amides is 1. The Morgan fingerprint density at radius 3 is 2.65 bits per heavy atom. The third-order valence-corrected chi connectivity index (χ3v) is 3.25. The maximum atomic E-state index is 12.1. The van der Waals surface area contributed by atoms with Gasteiger partial charge in [0.1, 0.15) is 0 Å². The van der Waals surface area contributed by atoms with Crippen LogP contribution in [0, 0.1) is 0 Å². The summed E-state index contributed by atoms with van der Waals surface area (Å²) in [4.78, 5) is 16.3. The molecule has 1 aliphatic rings. The van der Waals surface area contributed by atoms with E-state index in [0.29, 0.717) is 5.56 Å². The highest BCUT2D eigenvalue weighted by Crippen LogP contribution is 2.07. The van der Waals surface area contributed by atoms with Crippen LogP contribution in [-0.4, -0.2) is 64.0 Å². The molecule has 5 nitrogen and oxygen atoms in total.